The molecule has 0 saturated heterocycles. The van der Waals surface area contributed by atoms with Crippen LogP contribution in [-0.4, -0.2) is 33.1 Å². The first kappa shape index (κ1) is 20.7. The zero-order chi connectivity index (χ0) is 21.0. The van der Waals surface area contributed by atoms with Crippen molar-refractivity contribution in [3.8, 4) is 11.6 Å². The molecule has 0 aliphatic rings. The van der Waals surface area contributed by atoms with Crippen LogP contribution in [-0.2, 0) is 4.79 Å². The van der Waals surface area contributed by atoms with Gasteiger partial charge in [0.25, 0.3) is 5.91 Å². The van der Waals surface area contributed by atoms with Crippen LogP contribution in [0.25, 0.3) is 5.82 Å². The largest absolute Gasteiger partial charge is 0.484 e. The number of aryl methyl sites for hydroxylation is 1. The Balaban J connectivity index is 1.64. The number of nitrogens with one attached hydrogen (secondary N) is 1. The van der Waals surface area contributed by atoms with Gasteiger partial charge >= 0.3 is 0 Å². The lowest BCUT2D eigenvalue weighted by Gasteiger charge is -2.14. The molecule has 0 bridgehead atoms. The van der Waals surface area contributed by atoms with Gasteiger partial charge in [-0.05, 0) is 58.0 Å². The summed E-state index contributed by atoms with van der Waals surface area (Å²) in [5.74, 6) is 1.22. The van der Waals surface area contributed by atoms with Gasteiger partial charge in [-0.2, -0.15) is 10.2 Å². The van der Waals surface area contributed by atoms with Crippen molar-refractivity contribution in [1.82, 2.24) is 19.8 Å². The third kappa shape index (κ3) is 4.86. The maximum absolute atomic E-state index is 11.9. The molecule has 0 fully saturated rings. The number of aromatic nitrogens is 3. The van der Waals surface area contributed by atoms with Crippen molar-refractivity contribution in [2.75, 3.05) is 6.61 Å². The first-order valence-corrected chi connectivity index (χ1v) is 9.67. The van der Waals surface area contributed by atoms with E-state index >= 15 is 0 Å². The van der Waals surface area contributed by atoms with Gasteiger partial charge in [0, 0.05) is 34.1 Å². The number of amides is 1. The Hall–Kier alpha value is -3.06. The SMILES string of the molecule is Cc1cc(/C=N\NC(=O)COc2ccc(Cl)cc2)c(C)n1-c1ccnn1C(C)C. The predicted molar refractivity (Wildman–Crippen MR) is 114 cm³/mol. The molecule has 1 amide bonds. The third-order valence-corrected chi connectivity index (χ3v) is 4.67. The fraction of sp³-hybridized carbons (Fsp3) is 0.286. The number of rotatable bonds is 7. The highest BCUT2D eigenvalue weighted by Gasteiger charge is 2.14. The van der Waals surface area contributed by atoms with Gasteiger partial charge in [0.1, 0.15) is 11.6 Å². The second-order valence-corrected chi connectivity index (χ2v) is 7.36. The molecular formula is C21H24ClN5O2. The van der Waals surface area contributed by atoms with Gasteiger partial charge in [-0.15, -0.1) is 0 Å². The average Bonchev–Trinajstić information content (AvgIpc) is 3.26. The lowest BCUT2D eigenvalue weighted by atomic mass is 10.3. The minimum atomic E-state index is -0.345. The molecule has 152 valence electrons. The van der Waals surface area contributed by atoms with Crippen LogP contribution in [0.3, 0.4) is 0 Å². The van der Waals surface area contributed by atoms with Crippen molar-refractivity contribution in [3.05, 3.63) is 64.6 Å². The Morgan fingerprint density at radius 3 is 2.69 bits per heavy atom. The van der Waals surface area contributed by atoms with E-state index in [0.717, 1.165) is 22.8 Å². The number of carbonyl (C=O) groups excluding carboxylic acids is 1. The summed E-state index contributed by atoms with van der Waals surface area (Å²) in [5.41, 5.74) is 5.47. The smallest absolute Gasteiger partial charge is 0.277 e. The molecule has 0 atom stereocenters. The van der Waals surface area contributed by atoms with Crippen LogP contribution in [0.15, 0.2) is 47.7 Å². The molecule has 29 heavy (non-hydrogen) atoms. The Bertz CT molecular complexity index is 1020. The number of hydrazone groups is 1. The van der Waals surface area contributed by atoms with E-state index in [-0.39, 0.29) is 18.6 Å². The summed E-state index contributed by atoms with van der Waals surface area (Å²) in [6, 6.07) is 11.1. The topological polar surface area (TPSA) is 73.4 Å². The van der Waals surface area contributed by atoms with Gasteiger partial charge in [-0.1, -0.05) is 11.6 Å². The molecule has 1 N–H and O–H groups in total. The molecule has 3 aromatic rings. The Morgan fingerprint density at radius 2 is 2.00 bits per heavy atom. The highest BCUT2D eigenvalue weighted by molar-refractivity contribution is 6.30. The van der Waals surface area contributed by atoms with Crippen LogP contribution in [0.1, 0.15) is 36.8 Å². The molecule has 0 spiro atoms. The molecular weight excluding hydrogens is 390 g/mol. The molecule has 0 aliphatic carbocycles. The van der Waals surface area contributed by atoms with E-state index in [1.54, 1.807) is 36.7 Å². The molecule has 1 aromatic carbocycles. The van der Waals surface area contributed by atoms with Crippen LogP contribution in [0.4, 0.5) is 0 Å². The standard InChI is InChI=1S/C21H24ClN5O2/c1-14(2)27-21(9-10-24-27)26-15(3)11-17(16(26)4)12-23-25-20(28)13-29-19-7-5-18(22)6-8-19/h5-12,14H,13H2,1-4H3,(H,25,28)/b23-12-. The van der Waals surface area contributed by atoms with Crippen molar-refractivity contribution < 1.29 is 9.53 Å². The van der Waals surface area contributed by atoms with E-state index < -0.39 is 0 Å². The van der Waals surface area contributed by atoms with Crippen molar-refractivity contribution in [2.24, 2.45) is 5.10 Å². The van der Waals surface area contributed by atoms with Gasteiger partial charge in [0.2, 0.25) is 0 Å². The number of hydrogen-bond acceptors (Lipinski definition) is 4. The maximum atomic E-state index is 11.9. The molecule has 0 unspecified atom stereocenters. The second kappa shape index (κ2) is 8.96. The minimum Gasteiger partial charge on any atom is -0.484 e. The predicted octanol–water partition coefficient (Wildman–Crippen LogP) is 4.05. The highest BCUT2D eigenvalue weighted by atomic mass is 35.5. The van der Waals surface area contributed by atoms with Gasteiger partial charge < -0.3 is 9.30 Å². The quantitative estimate of drug-likeness (QED) is 0.469. The molecule has 2 heterocycles. The average molecular weight is 414 g/mol. The van der Waals surface area contributed by atoms with Gasteiger partial charge in [-0.25, -0.2) is 10.1 Å². The van der Waals surface area contributed by atoms with Crippen molar-refractivity contribution in [2.45, 2.75) is 33.7 Å². The van der Waals surface area contributed by atoms with E-state index in [4.69, 9.17) is 16.3 Å². The zero-order valence-corrected chi connectivity index (χ0v) is 17.6. The van der Waals surface area contributed by atoms with Crippen molar-refractivity contribution in [1.29, 1.82) is 0 Å². The van der Waals surface area contributed by atoms with Gasteiger partial charge in [0.15, 0.2) is 6.61 Å². The molecule has 0 saturated carbocycles. The molecule has 0 aliphatic heterocycles. The van der Waals surface area contributed by atoms with Crippen LogP contribution in [0, 0.1) is 13.8 Å². The lowest BCUT2D eigenvalue weighted by molar-refractivity contribution is -0.123. The molecule has 2 aromatic heterocycles. The second-order valence-electron chi connectivity index (χ2n) is 6.93. The number of hydrogen-bond donors (Lipinski definition) is 1. The van der Waals surface area contributed by atoms with E-state index in [1.165, 1.54) is 0 Å². The van der Waals surface area contributed by atoms with E-state index in [2.05, 4.69) is 34.0 Å². The minimum absolute atomic E-state index is 0.133. The lowest BCUT2D eigenvalue weighted by Crippen LogP contribution is -2.24. The molecule has 0 radical (unpaired) electrons. The zero-order valence-electron chi connectivity index (χ0n) is 16.9. The fourth-order valence-corrected chi connectivity index (χ4v) is 3.16. The number of ether oxygens (including phenoxy) is 1. The third-order valence-electron chi connectivity index (χ3n) is 4.41. The summed E-state index contributed by atoms with van der Waals surface area (Å²) >= 11 is 5.82. The van der Waals surface area contributed by atoms with Crippen LogP contribution >= 0.6 is 11.6 Å². The number of nitrogens with zero attached hydrogens (tertiary/aromatic N) is 4. The fourth-order valence-electron chi connectivity index (χ4n) is 3.04. The Morgan fingerprint density at radius 1 is 1.28 bits per heavy atom. The summed E-state index contributed by atoms with van der Waals surface area (Å²) in [7, 11) is 0. The first-order chi connectivity index (χ1) is 13.9. The Labute approximate surface area is 174 Å². The van der Waals surface area contributed by atoms with Gasteiger partial charge in [0.05, 0.1) is 12.4 Å². The summed E-state index contributed by atoms with van der Waals surface area (Å²) in [5, 5.41) is 9.08. The van der Waals surface area contributed by atoms with Crippen LogP contribution in [0.2, 0.25) is 5.02 Å². The summed E-state index contributed by atoms with van der Waals surface area (Å²) < 4.78 is 9.49. The monoisotopic (exact) mass is 413 g/mol. The first-order valence-electron chi connectivity index (χ1n) is 9.30. The summed E-state index contributed by atoms with van der Waals surface area (Å²) in [6.45, 7) is 8.09. The molecule has 7 nitrogen and oxygen atoms in total. The summed E-state index contributed by atoms with van der Waals surface area (Å²) in [4.78, 5) is 11.9. The number of benzene rings is 1. The van der Waals surface area contributed by atoms with E-state index in [0.29, 0.717) is 10.8 Å². The normalized spacial score (nSPS) is 11.4. The number of carbonyl (C=O) groups is 1. The van der Waals surface area contributed by atoms with Crippen molar-refractivity contribution in [3.63, 3.8) is 0 Å². The Kier molecular flexibility index (Phi) is 6.39. The van der Waals surface area contributed by atoms with Crippen LogP contribution < -0.4 is 10.2 Å². The summed E-state index contributed by atoms with van der Waals surface area (Å²) in [6.07, 6.45) is 3.43. The maximum Gasteiger partial charge on any atom is 0.277 e. The molecule has 3 rings (SSSR count). The highest BCUT2D eigenvalue weighted by Crippen LogP contribution is 2.21. The van der Waals surface area contributed by atoms with E-state index in [1.807, 2.05) is 30.7 Å². The number of halogens is 1. The van der Waals surface area contributed by atoms with Crippen LogP contribution in [0.5, 0.6) is 5.75 Å². The van der Waals surface area contributed by atoms with E-state index in [9.17, 15) is 4.79 Å². The molecule has 8 heteroatoms. The van der Waals surface area contributed by atoms with Gasteiger partial charge in [-0.3, -0.25) is 4.79 Å². The van der Waals surface area contributed by atoms with Crippen molar-refractivity contribution >= 4 is 23.7 Å².